The van der Waals surface area contributed by atoms with Crippen LogP contribution in [-0.2, 0) is 21.4 Å². The fraction of sp³-hybridized carbons (Fsp3) is 0.417. The molecule has 1 unspecified atom stereocenters. The first kappa shape index (κ1) is 21.8. The van der Waals surface area contributed by atoms with Crippen molar-refractivity contribution in [1.82, 2.24) is 5.32 Å². The standard InChI is InChI=1S/C24H29FN2O3/c1-30-21-11-7-19(8-12-21)24(13-3-2-4-14-24)23(29)27-16-18(22(26)28)15-17-5-9-20(25)10-6-17/h5-12,18H,2-4,13-16H2,1H3,(H2,26,28)(H,27,29). The lowest BCUT2D eigenvalue weighted by Crippen LogP contribution is -2.48. The molecule has 3 rings (SSSR count). The largest absolute Gasteiger partial charge is 0.497 e. The first-order chi connectivity index (χ1) is 14.4. The molecule has 1 aliphatic rings. The van der Waals surface area contributed by atoms with Crippen LogP contribution in [0.25, 0.3) is 0 Å². The molecule has 2 aromatic carbocycles. The van der Waals surface area contributed by atoms with E-state index in [-0.39, 0.29) is 18.3 Å². The number of primary amides is 1. The number of amides is 2. The molecule has 5 nitrogen and oxygen atoms in total. The number of ether oxygens (including phenoxy) is 1. The van der Waals surface area contributed by atoms with Gasteiger partial charge in [0.1, 0.15) is 11.6 Å². The zero-order valence-electron chi connectivity index (χ0n) is 17.3. The highest BCUT2D eigenvalue weighted by molar-refractivity contribution is 5.89. The molecule has 1 fully saturated rings. The summed E-state index contributed by atoms with van der Waals surface area (Å²) < 4.78 is 18.4. The van der Waals surface area contributed by atoms with Crippen molar-refractivity contribution in [1.29, 1.82) is 0 Å². The average molecular weight is 413 g/mol. The predicted molar refractivity (Wildman–Crippen MR) is 114 cm³/mol. The molecule has 1 saturated carbocycles. The second-order valence-electron chi connectivity index (χ2n) is 8.01. The second-order valence-corrected chi connectivity index (χ2v) is 8.01. The molecule has 2 amide bonds. The maximum absolute atomic E-state index is 13.4. The Morgan fingerprint density at radius 1 is 1.07 bits per heavy atom. The first-order valence-corrected chi connectivity index (χ1v) is 10.4. The molecule has 0 radical (unpaired) electrons. The van der Waals surface area contributed by atoms with E-state index in [9.17, 15) is 14.0 Å². The number of hydrogen-bond donors (Lipinski definition) is 2. The van der Waals surface area contributed by atoms with Crippen LogP contribution in [-0.4, -0.2) is 25.5 Å². The third kappa shape index (κ3) is 4.99. The van der Waals surface area contributed by atoms with Gasteiger partial charge in [-0.05, 0) is 54.7 Å². The normalized spacial score (nSPS) is 16.5. The van der Waals surface area contributed by atoms with Crippen LogP contribution in [0.2, 0.25) is 0 Å². The smallest absolute Gasteiger partial charge is 0.230 e. The van der Waals surface area contributed by atoms with Crippen LogP contribution in [0.5, 0.6) is 5.75 Å². The van der Waals surface area contributed by atoms with E-state index in [0.29, 0.717) is 6.42 Å². The van der Waals surface area contributed by atoms with Gasteiger partial charge in [-0.15, -0.1) is 0 Å². The molecule has 160 valence electrons. The number of nitrogens with one attached hydrogen (secondary N) is 1. The van der Waals surface area contributed by atoms with Gasteiger partial charge in [0.15, 0.2) is 0 Å². The van der Waals surface area contributed by atoms with Crippen molar-refractivity contribution in [3.05, 3.63) is 65.5 Å². The Kier molecular flexibility index (Phi) is 7.08. The van der Waals surface area contributed by atoms with E-state index in [1.165, 1.54) is 12.1 Å². The Bertz CT molecular complexity index is 859. The first-order valence-electron chi connectivity index (χ1n) is 10.4. The fourth-order valence-corrected chi connectivity index (χ4v) is 4.28. The molecule has 2 aromatic rings. The van der Waals surface area contributed by atoms with Gasteiger partial charge in [-0.2, -0.15) is 0 Å². The maximum Gasteiger partial charge on any atom is 0.230 e. The Morgan fingerprint density at radius 3 is 2.27 bits per heavy atom. The summed E-state index contributed by atoms with van der Waals surface area (Å²) in [6.07, 6.45) is 4.96. The van der Waals surface area contributed by atoms with Crippen molar-refractivity contribution < 1.29 is 18.7 Å². The minimum absolute atomic E-state index is 0.0716. The highest BCUT2D eigenvalue weighted by Crippen LogP contribution is 2.40. The molecular formula is C24H29FN2O3. The van der Waals surface area contributed by atoms with E-state index >= 15 is 0 Å². The number of nitrogens with two attached hydrogens (primary N) is 1. The summed E-state index contributed by atoms with van der Waals surface area (Å²) in [6.45, 7) is 0.156. The predicted octanol–water partition coefficient (Wildman–Crippen LogP) is 3.50. The SMILES string of the molecule is COc1ccc(C2(C(=O)NCC(Cc3ccc(F)cc3)C(N)=O)CCCCC2)cc1. The molecule has 1 atom stereocenters. The van der Waals surface area contributed by atoms with E-state index in [0.717, 1.165) is 49.0 Å². The molecular weight excluding hydrogens is 383 g/mol. The number of rotatable bonds is 8. The molecule has 1 aliphatic carbocycles. The monoisotopic (exact) mass is 412 g/mol. The summed E-state index contributed by atoms with van der Waals surface area (Å²) >= 11 is 0. The van der Waals surface area contributed by atoms with Crippen LogP contribution in [0, 0.1) is 11.7 Å². The number of methoxy groups -OCH3 is 1. The van der Waals surface area contributed by atoms with E-state index in [2.05, 4.69) is 5.32 Å². The highest BCUT2D eigenvalue weighted by Gasteiger charge is 2.41. The molecule has 0 saturated heterocycles. The highest BCUT2D eigenvalue weighted by atomic mass is 19.1. The molecule has 30 heavy (non-hydrogen) atoms. The minimum atomic E-state index is -0.609. The van der Waals surface area contributed by atoms with Gasteiger partial charge in [-0.3, -0.25) is 9.59 Å². The van der Waals surface area contributed by atoms with Gasteiger partial charge in [0.2, 0.25) is 11.8 Å². The van der Waals surface area contributed by atoms with Gasteiger partial charge in [0.05, 0.1) is 18.4 Å². The molecule has 3 N–H and O–H groups in total. The summed E-state index contributed by atoms with van der Waals surface area (Å²) in [4.78, 5) is 25.3. The van der Waals surface area contributed by atoms with Crippen molar-refractivity contribution in [2.75, 3.05) is 13.7 Å². The van der Waals surface area contributed by atoms with Crippen molar-refractivity contribution in [2.45, 2.75) is 43.9 Å². The Labute approximate surface area is 176 Å². The van der Waals surface area contributed by atoms with Crippen LogP contribution < -0.4 is 15.8 Å². The number of hydrogen-bond acceptors (Lipinski definition) is 3. The van der Waals surface area contributed by atoms with E-state index in [1.807, 2.05) is 24.3 Å². The average Bonchev–Trinajstić information content (AvgIpc) is 2.78. The summed E-state index contributed by atoms with van der Waals surface area (Å²) in [6, 6.07) is 13.6. The van der Waals surface area contributed by atoms with Crippen LogP contribution >= 0.6 is 0 Å². The number of halogens is 1. The molecule has 6 heteroatoms. The van der Waals surface area contributed by atoms with Crippen molar-refractivity contribution >= 4 is 11.8 Å². The van der Waals surface area contributed by atoms with Crippen molar-refractivity contribution in [2.24, 2.45) is 11.7 Å². The van der Waals surface area contributed by atoms with Crippen molar-refractivity contribution in [3.8, 4) is 5.75 Å². The van der Waals surface area contributed by atoms with Crippen LogP contribution in [0.15, 0.2) is 48.5 Å². The lowest BCUT2D eigenvalue weighted by Gasteiger charge is -2.36. The molecule has 0 spiro atoms. The fourth-order valence-electron chi connectivity index (χ4n) is 4.28. The third-order valence-electron chi connectivity index (χ3n) is 6.09. The molecule has 0 aromatic heterocycles. The second kappa shape index (κ2) is 9.74. The van der Waals surface area contributed by atoms with Crippen LogP contribution in [0.4, 0.5) is 4.39 Å². The van der Waals surface area contributed by atoms with Gasteiger partial charge in [-0.1, -0.05) is 43.5 Å². The Morgan fingerprint density at radius 2 is 1.70 bits per heavy atom. The van der Waals surface area contributed by atoms with E-state index < -0.39 is 17.2 Å². The quantitative estimate of drug-likeness (QED) is 0.696. The number of benzene rings is 2. The van der Waals surface area contributed by atoms with Crippen LogP contribution in [0.3, 0.4) is 0 Å². The van der Waals surface area contributed by atoms with Crippen LogP contribution in [0.1, 0.15) is 43.2 Å². The van der Waals surface area contributed by atoms with Gasteiger partial charge < -0.3 is 15.8 Å². The minimum Gasteiger partial charge on any atom is -0.497 e. The lowest BCUT2D eigenvalue weighted by atomic mass is 9.68. The molecule has 0 bridgehead atoms. The van der Waals surface area contributed by atoms with Gasteiger partial charge >= 0.3 is 0 Å². The number of carbonyl (C=O) groups excluding carboxylic acids is 2. The van der Waals surface area contributed by atoms with Gasteiger partial charge in [-0.25, -0.2) is 4.39 Å². The number of carbonyl (C=O) groups is 2. The van der Waals surface area contributed by atoms with Crippen molar-refractivity contribution in [3.63, 3.8) is 0 Å². The third-order valence-corrected chi connectivity index (χ3v) is 6.09. The Hall–Kier alpha value is -2.89. The Balaban J connectivity index is 1.73. The van der Waals surface area contributed by atoms with Gasteiger partial charge in [0.25, 0.3) is 0 Å². The summed E-state index contributed by atoms with van der Waals surface area (Å²) in [7, 11) is 1.61. The summed E-state index contributed by atoms with van der Waals surface area (Å²) in [5.41, 5.74) is 6.74. The zero-order chi connectivity index (χ0) is 21.6. The molecule has 0 aliphatic heterocycles. The van der Waals surface area contributed by atoms with E-state index in [4.69, 9.17) is 10.5 Å². The molecule has 0 heterocycles. The summed E-state index contributed by atoms with van der Waals surface area (Å²) in [5.74, 6) is -0.699. The topological polar surface area (TPSA) is 81.4 Å². The zero-order valence-corrected chi connectivity index (χ0v) is 17.3. The maximum atomic E-state index is 13.4. The van der Waals surface area contributed by atoms with E-state index in [1.54, 1.807) is 19.2 Å². The lowest BCUT2D eigenvalue weighted by molar-refractivity contribution is -0.128. The van der Waals surface area contributed by atoms with Gasteiger partial charge in [0, 0.05) is 6.54 Å². The summed E-state index contributed by atoms with van der Waals surface area (Å²) in [5, 5.41) is 2.99.